The highest BCUT2D eigenvalue weighted by Crippen LogP contribution is 2.16. The second kappa shape index (κ2) is 6.25. The molecule has 0 unspecified atom stereocenters. The summed E-state index contributed by atoms with van der Waals surface area (Å²) in [6.07, 6.45) is 0.143. The minimum atomic E-state index is -3.27. The average Bonchev–Trinajstić information content (AvgIpc) is 2.31. The van der Waals surface area contributed by atoms with E-state index in [0.29, 0.717) is 11.4 Å². The van der Waals surface area contributed by atoms with E-state index in [2.05, 4.69) is 4.72 Å². The van der Waals surface area contributed by atoms with Crippen LogP contribution in [-0.4, -0.2) is 26.7 Å². The highest BCUT2D eigenvalue weighted by atomic mass is 32.2. The monoisotopic (exact) mass is 272 g/mol. The van der Waals surface area contributed by atoms with Crippen molar-refractivity contribution in [2.24, 2.45) is 5.73 Å². The number of nitrogens with one attached hydrogen (secondary N) is 1. The van der Waals surface area contributed by atoms with Gasteiger partial charge in [0.05, 0.1) is 18.8 Å². The Kier molecular flexibility index (Phi) is 4.96. The van der Waals surface area contributed by atoms with Gasteiger partial charge in [-0.1, -0.05) is 0 Å². The van der Waals surface area contributed by atoms with Gasteiger partial charge < -0.3 is 10.5 Å². The molecule has 1 amide bonds. The normalized spacial score (nSPS) is 10.9. The standard InChI is InChI=1S/C11H16N2O4S/c1-2-18(15,16)13-9-3-5-10(6-4-9)17-8-7-11(12)14/h3-6,13H,2,7-8H2,1H3,(H2,12,14). The van der Waals surface area contributed by atoms with Crippen LogP contribution in [0.25, 0.3) is 0 Å². The van der Waals surface area contributed by atoms with Crippen molar-refractivity contribution in [3.05, 3.63) is 24.3 Å². The van der Waals surface area contributed by atoms with Crippen LogP contribution in [0.2, 0.25) is 0 Å². The topological polar surface area (TPSA) is 98.5 Å². The summed E-state index contributed by atoms with van der Waals surface area (Å²) in [5, 5.41) is 0. The van der Waals surface area contributed by atoms with Crippen molar-refractivity contribution in [1.82, 2.24) is 0 Å². The first-order chi connectivity index (χ1) is 8.43. The Balaban J connectivity index is 2.55. The Morgan fingerprint density at radius 1 is 1.33 bits per heavy atom. The number of anilines is 1. The summed E-state index contributed by atoms with van der Waals surface area (Å²) in [6.45, 7) is 1.76. The van der Waals surface area contributed by atoms with Crippen LogP contribution < -0.4 is 15.2 Å². The van der Waals surface area contributed by atoms with Crippen LogP contribution in [0.4, 0.5) is 5.69 Å². The smallest absolute Gasteiger partial charge is 0.232 e. The molecule has 0 saturated heterocycles. The molecule has 0 aliphatic rings. The predicted octanol–water partition coefficient (Wildman–Crippen LogP) is 0.702. The zero-order valence-corrected chi connectivity index (χ0v) is 10.9. The number of nitrogens with two attached hydrogens (primary N) is 1. The molecule has 1 rings (SSSR count). The van der Waals surface area contributed by atoms with Gasteiger partial charge in [-0.05, 0) is 31.2 Å². The van der Waals surface area contributed by atoms with Gasteiger partial charge in [-0.2, -0.15) is 0 Å². The second-order valence-corrected chi connectivity index (χ2v) is 5.61. The summed E-state index contributed by atoms with van der Waals surface area (Å²) in [6, 6.07) is 6.42. The van der Waals surface area contributed by atoms with E-state index in [1.165, 1.54) is 0 Å². The van der Waals surface area contributed by atoms with Crippen molar-refractivity contribution in [3.63, 3.8) is 0 Å². The summed E-state index contributed by atoms with van der Waals surface area (Å²) in [5.74, 6) is 0.141. The van der Waals surface area contributed by atoms with Crippen molar-refractivity contribution in [1.29, 1.82) is 0 Å². The number of hydrogen-bond donors (Lipinski definition) is 2. The molecule has 0 aliphatic carbocycles. The third-order valence-corrected chi connectivity index (χ3v) is 3.43. The number of carbonyl (C=O) groups is 1. The zero-order chi connectivity index (χ0) is 13.6. The molecular formula is C11H16N2O4S. The minimum Gasteiger partial charge on any atom is -0.493 e. The van der Waals surface area contributed by atoms with Gasteiger partial charge >= 0.3 is 0 Å². The maximum Gasteiger partial charge on any atom is 0.232 e. The van der Waals surface area contributed by atoms with Crippen molar-refractivity contribution < 1.29 is 17.9 Å². The van der Waals surface area contributed by atoms with Crippen LogP contribution in [0.5, 0.6) is 5.75 Å². The Bertz CT molecular complexity index is 496. The van der Waals surface area contributed by atoms with Gasteiger partial charge in [-0.3, -0.25) is 9.52 Å². The van der Waals surface area contributed by atoms with E-state index in [1.807, 2.05) is 0 Å². The highest BCUT2D eigenvalue weighted by Gasteiger charge is 2.06. The van der Waals surface area contributed by atoms with Gasteiger partial charge in [0.1, 0.15) is 5.75 Å². The minimum absolute atomic E-state index is 0.0177. The van der Waals surface area contributed by atoms with E-state index < -0.39 is 15.9 Å². The Morgan fingerprint density at radius 3 is 2.44 bits per heavy atom. The van der Waals surface area contributed by atoms with Crippen molar-refractivity contribution in [2.75, 3.05) is 17.1 Å². The number of benzene rings is 1. The number of rotatable bonds is 7. The number of sulfonamides is 1. The largest absolute Gasteiger partial charge is 0.493 e. The van der Waals surface area contributed by atoms with Crippen LogP contribution in [-0.2, 0) is 14.8 Å². The molecule has 0 bridgehead atoms. The summed E-state index contributed by atoms with van der Waals surface area (Å²) >= 11 is 0. The van der Waals surface area contributed by atoms with Crippen LogP contribution in [0.1, 0.15) is 13.3 Å². The SMILES string of the molecule is CCS(=O)(=O)Nc1ccc(OCCC(N)=O)cc1. The lowest BCUT2D eigenvalue weighted by Crippen LogP contribution is -2.15. The van der Waals surface area contributed by atoms with Crippen LogP contribution >= 0.6 is 0 Å². The molecule has 1 aromatic rings. The van der Waals surface area contributed by atoms with E-state index >= 15 is 0 Å². The summed E-state index contributed by atoms with van der Waals surface area (Å²) in [7, 11) is -3.27. The summed E-state index contributed by atoms with van der Waals surface area (Å²) in [4.78, 5) is 10.5. The molecule has 0 saturated carbocycles. The van der Waals surface area contributed by atoms with Gasteiger partial charge in [0.2, 0.25) is 15.9 Å². The van der Waals surface area contributed by atoms with E-state index in [9.17, 15) is 13.2 Å². The molecule has 0 aliphatic heterocycles. The maximum absolute atomic E-state index is 11.3. The van der Waals surface area contributed by atoms with Crippen LogP contribution in [0, 0.1) is 0 Å². The number of amides is 1. The maximum atomic E-state index is 11.3. The fourth-order valence-electron chi connectivity index (χ4n) is 1.14. The molecule has 18 heavy (non-hydrogen) atoms. The highest BCUT2D eigenvalue weighted by molar-refractivity contribution is 7.92. The molecule has 3 N–H and O–H groups in total. The fourth-order valence-corrected chi connectivity index (χ4v) is 1.78. The summed E-state index contributed by atoms with van der Waals surface area (Å²) in [5.41, 5.74) is 5.44. The van der Waals surface area contributed by atoms with Crippen LogP contribution in [0.3, 0.4) is 0 Å². The molecular weight excluding hydrogens is 256 g/mol. The Hall–Kier alpha value is -1.76. The van der Waals surface area contributed by atoms with E-state index in [4.69, 9.17) is 10.5 Å². The lowest BCUT2D eigenvalue weighted by Gasteiger charge is -2.08. The quantitative estimate of drug-likeness (QED) is 0.763. The molecule has 0 atom stereocenters. The molecule has 0 spiro atoms. The first-order valence-corrected chi connectivity index (χ1v) is 7.10. The first kappa shape index (κ1) is 14.3. The van der Waals surface area contributed by atoms with Gasteiger partial charge in [0, 0.05) is 5.69 Å². The van der Waals surface area contributed by atoms with Gasteiger partial charge in [-0.25, -0.2) is 8.42 Å². The van der Waals surface area contributed by atoms with Crippen molar-refractivity contribution in [2.45, 2.75) is 13.3 Å². The zero-order valence-electron chi connectivity index (χ0n) is 10.0. The third-order valence-electron chi connectivity index (χ3n) is 2.12. The predicted molar refractivity (Wildman–Crippen MR) is 68.8 cm³/mol. The van der Waals surface area contributed by atoms with E-state index in [1.54, 1.807) is 31.2 Å². The molecule has 0 radical (unpaired) electrons. The molecule has 0 fully saturated rings. The number of hydrogen-bond acceptors (Lipinski definition) is 4. The van der Waals surface area contributed by atoms with Gasteiger partial charge in [0.25, 0.3) is 0 Å². The molecule has 7 heteroatoms. The van der Waals surface area contributed by atoms with Crippen molar-refractivity contribution >= 4 is 21.6 Å². The number of ether oxygens (including phenoxy) is 1. The summed E-state index contributed by atoms with van der Waals surface area (Å²) < 4.78 is 30.3. The van der Waals surface area contributed by atoms with Gasteiger partial charge in [-0.15, -0.1) is 0 Å². The van der Waals surface area contributed by atoms with Crippen molar-refractivity contribution in [3.8, 4) is 5.75 Å². The average molecular weight is 272 g/mol. The first-order valence-electron chi connectivity index (χ1n) is 5.44. The number of primary amides is 1. The van der Waals surface area contributed by atoms with E-state index in [-0.39, 0.29) is 18.8 Å². The Labute approximate surface area is 106 Å². The molecule has 0 heterocycles. The lowest BCUT2D eigenvalue weighted by atomic mass is 10.3. The number of carbonyl (C=O) groups excluding carboxylic acids is 1. The molecule has 0 aromatic heterocycles. The third kappa shape index (κ3) is 5.05. The molecule has 6 nitrogen and oxygen atoms in total. The second-order valence-electron chi connectivity index (χ2n) is 3.59. The van der Waals surface area contributed by atoms with E-state index in [0.717, 1.165) is 0 Å². The molecule has 100 valence electrons. The lowest BCUT2D eigenvalue weighted by molar-refractivity contribution is -0.118. The van der Waals surface area contributed by atoms with Gasteiger partial charge in [0.15, 0.2) is 0 Å². The molecule has 1 aromatic carbocycles. The Morgan fingerprint density at radius 2 is 1.94 bits per heavy atom. The van der Waals surface area contributed by atoms with Crippen LogP contribution in [0.15, 0.2) is 24.3 Å². The fraction of sp³-hybridized carbons (Fsp3) is 0.364.